The number of ether oxygens (including phenoxy) is 2. The number of nitrogens with zero attached hydrogens (tertiary/aromatic N) is 1. The van der Waals surface area contributed by atoms with Crippen molar-refractivity contribution in [3.8, 4) is 11.5 Å². The molecular formula is C24H32N2O4. The van der Waals surface area contributed by atoms with E-state index in [0.717, 1.165) is 16.9 Å². The summed E-state index contributed by atoms with van der Waals surface area (Å²) in [5.74, 6) is 0.922. The topological polar surface area (TPSA) is 67.9 Å². The van der Waals surface area contributed by atoms with Crippen LogP contribution in [0.1, 0.15) is 38.8 Å². The van der Waals surface area contributed by atoms with Crippen molar-refractivity contribution in [3.63, 3.8) is 0 Å². The number of rotatable bonds is 8. The molecule has 0 aliphatic carbocycles. The maximum absolute atomic E-state index is 13.1. The quantitative estimate of drug-likeness (QED) is 0.720. The van der Waals surface area contributed by atoms with Crippen molar-refractivity contribution in [2.45, 2.75) is 45.7 Å². The van der Waals surface area contributed by atoms with Gasteiger partial charge in [-0.05, 0) is 41.7 Å². The van der Waals surface area contributed by atoms with Gasteiger partial charge in [-0.3, -0.25) is 9.59 Å². The van der Waals surface area contributed by atoms with Gasteiger partial charge in [-0.2, -0.15) is 0 Å². The highest BCUT2D eigenvalue weighted by molar-refractivity contribution is 5.87. The molecule has 0 heterocycles. The van der Waals surface area contributed by atoms with Crippen LogP contribution in [0.5, 0.6) is 11.5 Å². The van der Waals surface area contributed by atoms with E-state index < -0.39 is 6.04 Å². The molecule has 0 aliphatic rings. The zero-order chi connectivity index (χ0) is 22.3. The number of nitrogens with one attached hydrogen (secondary N) is 1. The fourth-order valence-electron chi connectivity index (χ4n) is 3.15. The third kappa shape index (κ3) is 5.99. The van der Waals surface area contributed by atoms with E-state index in [-0.39, 0.29) is 23.8 Å². The summed E-state index contributed by atoms with van der Waals surface area (Å²) >= 11 is 0. The maximum Gasteiger partial charge on any atom is 0.261 e. The van der Waals surface area contributed by atoms with Crippen molar-refractivity contribution in [1.29, 1.82) is 0 Å². The Bertz CT molecular complexity index is 856. The number of amides is 2. The number of para-hydroxylation sites is 1. The Hall–Kier alpha value is -3.02. The lowest BCUT2D eigenvalue weighted by Gasteiger charge is -2.29. The van der Waals surface area contributed by atoms with Gasteiger partial charge in [-0.15, -0.1) is 0 Å². The molecule has 0 saturated carbocycles. The molecule has 30 heavy (non-hydrogen) atoms. The molecule has 2 amide bonds. The Kier molecular flexibility index (Phi) is 7.86. The molecule has 6 nitrogen and oxygen atoms in total. The van der Waals surface area contributed by atoms with Gasteiger partial charge in [0, 0.05) is 13.6 Å². The van der Waals surface area contributed by atoms with Crippen molar-refractivity contribution in [2.24, 2.45) is 0 Å². The zero-order valence-electron chi connectivity index (χ0n) is 18.7. The minimum Gasteiger partial charge on any atom is -0.497 e. The van der Waals surface area contributed by atoms with Gasteiger partial charge in [0.15, 0.2) is 6.61 Å². The lowest BCUT2D eigenvalue weighted by Crippen LogP contribution is -2.48. The fourth-order valence-corrected chi connectivity index (χ4v) is 3.15. The molecule has 0 radical (unpaired) electrons. The van der Waals surface area contributed by atoms with Crippen molar-refractivity contribution in [2.75, 3.05) is 20.8 Å². The predicted octanol–water partition coefficient (Wildman–Crippen LogP) is 3.53. The molecule has 0 aromatic heterocycles. The van der Waals surface area contributed by atoms with Crippen LogP contribution in [0.25, 0.3) is 0 Å². The van der Waals surface area contributed by atoms with Gasteiger partial charge in [-0.25, -0.2) is 0 Å². The zero-order valence-corrected chi connectivity index (χ0v) is 18.7. The van der Waals surface area contributed by atoms with Crippen molar-refractivity contribution >= 4 is 11.8 Å². The monoisotopic (exact) mass is 412 g/mol. The minimum atomic E-state index is -0.633. The van der Waals surface area contributed by atoms with Crippen LogP contribution < -0.4 is 14.8 Å². The van der Waals surface area contributed by atoms with Crippen molar-refractivity contribution in [3.05, 3.63) is 59.7 Å². The second-order valence-corrected chi connectivity index (χ2v) is 8.19. The molecule has 1 N–H and O–H groups in total. The van der Waals surface area contributed by atoms with E-state index in [2.05, 4.69) is 26.1 Å². The van der Waals surface area contributed by atoms with Crippen LogP contribution in [0.15, 0.2) is 48.5 Å². The second kappa shape index (κ2) is 10.1. The first kappa shape index (κ1) is 23.3. The van der Waals surface area contributed by atoms with Crippen LogP contribution in [0.2, 0.25) is 0 Å². The number of carbonyl (C=O) groups is 2. The SMILES string of the molecule is CNC(=O)[C@H](C)N(Cc1ccc(OC)cc1)C(=O)COc1ccccc1C(C)(C)C. The Balaban J connectivity index is 2.19. The van der Waals surface area contributed by atoms with Gasteiger partial charge in [0.25, 0.3) is 5.91 Å². The van der Waals surface area contributed by atoms with E-state index in [0.29, 0.717) is 12.3 Å². The number of hydrogen-bond donors (Lipinski definition) is 1. The van der Waals surface area contributed by atoms with Gasteiger partial charge >= 0.3 is 0 Å². The average molecular weight is 413 g/mol. The number of benzene rings is 2. The number of hydrogen-bond acceptors (Lipinski definition) is 4. The molecule has 2 aromatic carbocycles. The van der Waals surface area contributed by atoms with Gasteiger partial charge in [-0.1, -0.05) is 51.1 Å². The predicted molar refractivity (Wildman–Crippen MR) is 118 cm³/mol. The fraction of sp³-hybridized carbons (Fsp3) is 0.417. The lowest BCUT2D eigenvalue weighted by molar-refractivity contribution is -0.142. The first-order valence-electron chi connectivity index (χ1n) is 10.0. The molecule has 0 spiro atoms. The molecule has 1 atom stereocenters. The summed E-state index contributed by atoms with van der Waals surface area (Å²) in [5, 5.41) is 2.61. The number of carbonyl (C=O) groups excluding carboxylic acids is 2. The van der Waals surface area contributed by atoms with E-state index in [4.69, 9.17) is 9.47 Å². The smallest absolute Gasteiger partial charge is 0.261 e. The van der Waals surface area contributed by atoms with Crippen LogP contribution in [0.4, 0.5) is 0 Å². The highest BCUT2D eigenvalue weighted by Crippen LogP contribution is 2.31. The molecule has 0 saturated heterocycles. The Morgan fingerprint density at radius 1 is 1.07 bits per heavy atom. The lowest BCUT2D eigenvalue weighted by atomic mass is 9.86. The van der Waals surface area contributed by atoms with E-state index in [1.54, 1.807) is 21.1 Å². The average Bonchev–Trinajstić information content (AvgIpc) is 2.74. The molecule has 2 rings (SSSR count). The first-order chi connectivity index (χ1) is 14.2. The van der Waals surface area contributed by atoms with Crippen LogP contribution in [0.3, 0.4) is 0 Å². The summed E-state index contributed by atoms with van der Waals surface area (Å²) in [5.41, 5.74) is 1.81. The van der Waals surface area contributed by atoms with E-state index >= 15 is 0 Å². The molecular weight excluding hydrogens is 380 g/mol. The Morgan fingerprint density at radius 3 is 2.27 bits per heavy atom. The second-order valence-electron chi connectivity index (χ2n) is 8.19. The minimum absolute atomic E-state index is 0.113. The largest absolute Gasteiger partial charge is 0.497 e. The van der Waals surface area contributed by atoms with Crippen molar-refractivity contribution in [1.82, 2.24) is 10.2 Å². The summed E-state index contributed by atoms with van der Waals surface area (Å²) in [6.07, 6.45) is 0. The van der Waals surface area contributed by atoms with Gasteiger partial charge < -0.3 is 19.7 Å². The van der Waals surface area contributed by atoms with Gasteiger partial charge in [0.1, 0.15) is 17.5 Å². The molecule has 2 aromatic rings. The number of likely N-dealkylation sites (N-methyl/N-ethyl adjacent to an activating group) is 1. The Labute approximate surface area is 179 Å². The van der Waals surface area contributed by atoms with Crippen LogP contribution in [-0.4, -0.2) is 43.5 Å². The molecule has 0 unspecified atom stereocenters. The number of methoxy groups -OCH3 is 1. The molecule has 0 fully saturated rings. The Morgan fingerprint density at radius 2 is 1.70 bits per heavy atom. The van der Waals surface area contributed by atoms with E-state index in [1.165, 1.54) is 4.90 Å². The molecule has 6 heteroatoms. The highest BCUT2D eigenvalue weighted by atomic mass is 16.5. The van der Waals surface area contributed by atoms with Gasteiger partial charge in [0.2, 0.25) is 5.91 Å². The third-order valence-electron chi connectivity index (χ3n) is 4.97. The van der Waals surface area contributed by atoms with E-state index in [1.807, 2.05) is 48.5 Å². The summed E-state index contributed by atoms with van der Waals surface area (Å²) < 4.78 is 11.1. The van der Waals surface area contributed by atoms with Crippen LogP contribution >= 0.6 is 0 Å². The van der Waals surface area contributed by atoms with Crippen LogP contribution in [0, 0.1) is 0 Å². The van der Waals surface area contributed by atoms with Gasteiger partial charge in [0.05, 0.1) is 7.11 Å². The molecule has 0 aliphatic heterocycles. The standard InChI is InChI=1S/C24H32N2O4/c1-17(23(28)25-5)26(15-18-11-13-19(29-6)14-12-18)22(27)16-30-21-10-8-7-9-20(21)24(2,3)4/h7-14,17H,15-16H2,1-6H3,(H,25,28)/t17-/m0/s1. The van der Waals surface area contributed by atoms with Crippen LogP contribution in [-0.2, 0) is 21.5 Å². The maximum atomic E-state index is 13.1. The van der Waals surface area contributed by atoms with Crippen molar-refractivity contribution < 1.29 is 19.1 Å². The molecule has 162 valence electrons. The summed E-state index contributed by atoms with van der Waals surface area (Å²) in [7, 11) is 3.16. The first-order valence-corrected chi connectivity index (χ1v) is 10.0. The highest BCUT2D eigenvalue weighted by Gasteiger charge is 2.26. The summed E-state index contributed by atoms with van der Waals surface area (Å²) in [6.45, 7) is 8.15. The molecule has 0 bridgehead atoms. The summed E-state index contributed by atoms with van der Waals surface area (Å²) in [6, 6.07) is 14.5. The summed E-state index contributed by atoms with van der Waals surface area (Å²) in [4.78, 5) is 26.8. The normalized spacial score (nSPS) is 12.1. The third-order valence-corrected chi connectivity index (χ3v) is 4.97. The van der Waals surface area contributed by atoms with E-state index in [9.17, 15) is 9.59 Å².